The average Bonchev–Trinajstić information content (AvgIpc) is 2.97. The first-order valence-electron chi connectivity index (χ1n) is 10.7. The number of rotatable bonds is 3. The minimum atomic E-state index is -0.0225. The van der Waals surface area contributed by atoms with Crippen molar-refractivity contribution < 1.29 is 0 Å². The Kier molecular flexibility index (Phi) is 4.79. The number of hydrogen-bond acceptors (Lipinski definition) is 1. The average molecular weight is 468 g/mol. The molecular weight excluding hydrogens is 442 g/mol. The first-order chi connectivity index (χ1) is 14.8. The number of hydrogen-bond donors (Lipinski definition) is 0. The molecule has 2 heteroatoms. The highest BCUT2D eigenvalue weighted by atomic mass is 79.9. The van der Waals surface area contributed by atoms with Gasteiger partial charge in [0.1, 0.15) is 0 Å². The van der Waals surface area contributed by atoms with E-state index in [2.05, 4.69) is 133 Å². The van der Waals surface area contributed by atoms with Gasteiger partial charge < -0.3 is 4.90 Å². The zero-order valence-corrected chi connectivity index (χ0v) is 20.0. The zero-order chi connectivity index (χ0) is 21.8. The van der Waals surface area contributed by atoms with Gasteiger partial charge in [-0.05, 0) is 84.6 Å². The molecule has 0 saturated carbocycles. The van der Waals surface area contributed by atoms with Crippen molar-refractivity contribution in [3.05, 3.63) is 112 Å². The van der Waals surface area contributed by atoms with Gasteiger partial charge in [0.2, 0.25) is 0 Å². The molecule has 0 bridgehead atoms. The Morgan fingerprint density at radius 3 is 1.71 bits per heavy atom. The lowest BCUT2D eigenvalue weighted by atomic mass is 9.82. The van der Waals surface area contributed by atoms with Gasteiger partial charge in [-0.1, -0.05) is 77.3 Å². The Labute approximate surface area is 193 Å². The smallest absolute Gasteiger partial charge is 0.0465 e. The molecule has 1 nitrogen and oxygen atoms in total. The number of aryl methyl sites for hydroxylation is 2. The monoisotopic (exact) mass is 467 g/mol. The molecule has 0 fully saturated rings. The summed E-state index contributed by atoms with van der Waals surface area (Å²) in [7, 11) is 0. The highest BCUT2D eigenvalue weighted by Gasteiger charge is 2.36. The Bertz CT molecular complexity index is 1220. The fourth-order valence-electron chi connectivity index (χ4n) is 4.71. The van der Waals surface area contributed by atoms with E-state index in [4.69, 9.17) is 0 Å². The lowest BCUT2D eigenvalue weighted by Crippen LogP contribution is -2.16. The van der Waals surface area contributed by atoms with Crippen molar-refractivity contribution in [3.63, 3.8) is 0 Å². The van der Waals surface area contributed by atoms with E-state index in [1.165, 1.54) is 39.1 Å². The van der Waals surface area contributed by atoms with Crippen molar-refractivity contribution in [2.24, 2.45) is 0 Å². The molecule has 1 aliphatic carbocycles. The molecule has 31 heavy (non-hydrogen) atoms. The molecule has 0 N–H and O–H groups in total. The topological polar surface area (TPSA) is 3.24 Å². The van der Waals surface area contributed by atoms with Crippen LogP contribution in [0.1, 0.15) is 36.1 Å². The molecule has 0 amide bonds. The van der Waals surface area contributed by atoms with Crippen LogP contribution in [-0.4, -0.2) is 0 Å². The van der Waals surface area contributed by atoms with Crippen molar-refractivity contribution in [1.82, 2.24) is 0 Å². The number of nitrogens with zero attached hydrogens (tertiary/aromatic N) is 1. The van der Waals surface area contributed by atoms with Gasteiger partial charge in [-0.3, -0.25) is 0 Å². The molecule has 4 aromatic carbocycles. The van der Waals surface area contributed by atoms with Gasteiger partial charge in [0, 0.05) is 26.9 Å². The third-order valence-corrected chi connectivity index (χ3v) is 6.98. The third kappa shape index (κ3) is 3.40. The predicted octanol–water partition coefficient (Wildman–Crippen LogP) is 8.84. The molecule has 0 atom stereocenters. The SMILES string of the molecule is Cc1ccc(N(c2ccc(Br)cc2)c2ccc3c(c2)C(C)(C)c2cc(C)ccc2-3)cc1. The fraction of sp³-hybridized carbons (Fsp3) is 0.172. The fourth-order valence-corrected chi connectivity index (χ4v) is 4.97. The van der Waals surface area contributed by atoms with Crippen molar-refractivity contribution in [3.8, 4) is 11.1 Å². The number of benzene rings is 4. The third-order valence-electron chi connectivity index (χ3n) is 6.45. The number of anilines is 3. The second-order valence-corrected chi connectivity index (χ2v) is 9.97. The Hall–Kier alpha value is -2.84. The van der Waals surface area contributed by atoms with Gasteiger partial charge >= 0.3 is 0 Å². The predicted molar refractivity (Wildman–Crippen MR) is 136 cm³/mol. The van der Waals surface area contributed by atoms with Crippen LogP contribution in [-0.2, 0) is 5.41 Å². The molecular formula is C29H26BrN. The van der Waals surface area contributed by atoms with Crippen molar-refractivity contribution in [1.29, 1.82) is 0 Å². The van der Waals surface area contributed by atoms with E-state index in [0.29, 0.717) is 0 Å². The Balaban J connectivity index is 1.68. The molecule has 0 radical (unpaired) electrons. The van der Waals surface area contributed by atoms with E-state index in [9.17, 15) is 0 Å². The summed E-state index contributed by atoms with van der Waals surface area (Å²) in [4.78, 5) is 2.34. The van der Waals surface area contributed by atoms with Crippen LogP contribution >= 0.6 is 15.9 Å². The molecule has 5 rings (SSSR count). The second-order valence-electron chi connectivity index (χ2n) is 9.05. The highest BCUT2D eigenvalue weighted by Crippen LogP contribution is 2.50. The van der Waals surface area contributed by atoms with Crippen LogP contribution in [0.3, 0.4) is 0 Å². The van der Waals surface area contributed by atoms with Crippen molar-refractivity contribution in [2.75, 3.05) is 4.90 Å². The van der Waals surface area contributed by atoms with Crippen LogP contribution in [0.25, 0.3) is 11.1 Å². The zero-order valence-electron chi connectivity index (χ0n) is 18.4. The molecule has 0 aromatic heterocycles. The van der Waals surface area contributed by atoms with Crippen LogP contribution in [0, 0.1) is 13.8 Å². The summed E-state index contributed by atoms with van der Waals surface area (Å²) in [6, 6.07) is 31.1. The molecule has 0 saturated heterocycles. The summed E-state index contributed by atoms with van der Waals surface area (Å²) in [5.74, 6) is 0. The molecule has 0 spiro atoms. The van der Waals surface area contributed by atoms with Gasteiger partial charge in [-0.2, -0.15) is 0 Å². The van der Waals surface area contributed by atoms with Gasteiger partial charge in [-0.25, -0.2) is 0 Å². The number of halogens is 1. The van der Waals surface area contributed by atoms with E-state index in [1.807, 2.05) is 0 Å². The summed E-state index contributed by atoms with van der Waals surface area (Å²) >= 11 is 3.58. The van der Waals surface area contributed by atoms with E-state index in [-0.39, 0.29) is 5.41 Å². The quantitative estimate of drug-likeness (QED) is 0.290. The Morgan fingerprint density at radius 2 is 1.06 bits per heavy atom. The summed E-state index contributed by atoms with van der Waals surface area (Å²) in [5, 5.41) is 0. The van der Waals surface area contributed by atoms with Gasteiger partial charge in [0.25, 0.3) is 0 Å². The van der Waals surface area contributed by atoms with E-state index in [1.54, 1.807) is 0 Å². The normalized spacial score (nSPS) is 13.6. The van der Waals surface area contributed by atoms with Crippen LogP contribution in [0.4, 0.5) is 17.1 Å². The standard InChI is InChI=1S/C29H26BrN/c1-19-5-10-22(11-6-19)31(23-12-8-21(30)9-13-23)24-14-16-26-25-15-7-20(2)17-27(25)29(3,4)28(26)18-24/h5-18H,1-4H3. The molecule has 0 heterocycles. The minimum Gasteiger partial charge on any atom is -0.310 e. The van der Waals surface area contributed by atoms with Crippen LogP contribution in [0.5, 0.6) is 0 Å². The summed E-state index contributed by atoms with van der Waals surface area (Å²) in [6.07, 6.45) is 0. The maximum absolute atomic E-state index is 3.58. The first-order valence-corrected chi connectivity index (χ1v) is 11.5. The lowest BCUT2D eigenvalue weighted by Gasteiger charge is -2.28. The van der Waals surface area contributed by atoms with E-state index < -0.39 is 0 Å². The lowest BCUT2D eigenvalue weighted by molar-refractivity contribution is 0.660. The number of fused-ring (bicyclic) bond motifs is 3. The van der Waals surface area contributed by atoms with Gasteiger partial charge in [0.15, 0.2) is 0 Å². The van der Waals surface area contributed by atoms with Crippen molar-refractivity contribution >= 4 is 33.0 Å². The maximum Gasteiger partial charge on any atom is 0.0465 e. The molecule has 1 aliphatic rings. The van der Waals surface area contributed by atoms with Crippen molar-refractivity contribution in [2.45, 2.75) is 33.1 Å². The van der Waals surface area contributed by atoms with Crippen LogP contribution in [0.15, 0.2) is 89.4 Å². The second kappa shape index (κ2) is 7.39. The molecule has 0 unspecified atom stereocenters. The molecule has 0 aliphatic heterocycles. The van der Waals surface area contributed by atoms with Gasteiger partial charge in [0.05, 0.1) is 0 Å². The highest BCUT2D eigenvalue weighted by molar-refractivity contribution is 9.10. The van der Waals surface area contributed by atoms with Crippen LogP contribution in [0.2, 0.25) is 0 Å². The van der Waals surface area contributed by atoms with Crippen LogP contribution < -0.4 is 4.90 Å². The summed E-state index contributed by atoms with van der Waals surface area (Å²) in [6.45, 7) is 9.00. The summed E-state index contributed by atoms with van der Waals surface area (Å²) in [5.41, 5.74) is 11.6. The summed E-state index contributed by atoms with van der Waals surface area (Å²) < 4.78 is 1.08. The van der Waals surface area contributed by atoms with E-state index >= 15 is 0 Å². The Morgan fingerprint density at radius 1 is 0.581 bits per heavy atom. The molecule has 4 aromatic rings. The first kappa shape index (κ1) is 20.1. The molecule has 154 valence electrons. The van der Waals surface area contributed by atoms with E-state index in [0.717, 1.165) is 15.8 Å². The minimum absolute atomic E-state index is 0.0225. The van der Waals surface area contributed by atoms with Gasteiger partial charge in [-0.15, -0.1) is 0 Å². The largest absolute Gasteiger partial charge is 0.310 e. The maximum atomic E-state index is 3.58.